The van der Waals surface area contributed by atoms with Crippen molar-refractivity contribution in [3.63, 3.8) is 0 Å². The van der Waals surface area contributed by atoms with Crippen LogP contribution >= 0.6 is 0 Å². The molecule has 0 fully saturated rings. The summed E-state index contributed by atoms with van der Waals surface area (Å²) >= 11 is 0. The summed E-state index contributed by atoms with van der Waals surface area (Å²) in [5, 5.41) is 0. The minimum atomic E-state index is 0.391. The number of methoxy groups -OCH3 is 1. The van der Waals surface area contributed by atoms with Gasteiger partial charge >= 0.3 is 0 Å². The van der Waals surface area contributed by atoms with Gasteiger partial charge in [-0.25, -0.2) is 0 Å². The van der Waals surface area contributed by atoms with Crippen molar-refractivity contribution < 1.29 is 4.74 Å². The maximum atomic E-state index is 5.27. The first-order chi connectivity index (χ1) is 9.30. The van der Waals surface area contributed by atoms with Crippen LogP contribution in [0, 0.1) is 5.92 Å². The van der Waals surface area contributed by atoms with Crippen molar-refractivity contribution in [2.75, 3.05) is 13.7 Å². The van der Waals surface area contributed by atoms with Crippen LogP contribution in [0.1, 0.15) is 20.3 Å². The molecule has 0 radical (unpaired) electrons. The number of rotatable bonds is 4. The number of fused-ring (bicyclic) bond motifs is 1. The first-order valence-corrected chi connectivity index (χ1v) is 6.92. The maximum Gasteiger partial charge on any atom is 0.0713 e. The Bertz CT molecular complexity index is 510. The molecule has 1 heteroatoms. The van der Waals surface area contributed by atoms with E-state index in [1.54, 1.807) is 7.11 Å². The summed E-state index contributed by atoms with van der Waals surface area (Å²) in [6, 6.07) is 0. The monoisotopic (exact) mass is 254 g/mol. The van der Waals surface area contributed by atoms with Crippen molar-refractivity contribution in [3.8, 4) is 0 Å². The molecule has 0 spiro atoms. The normalized spacial score (nSPS) is 24.3. The molecule has 0 heterocycles. The summed E-state index contributed by atoms with van der Waals surface area (Å²) in [6.45, 7) is 4.93. The average Bonchev–Trinajstić information content (AvgIpc) is 2.40. The van der Waals surface area contributed by atoms with Crippen molar-refractivity contribution in [2.45, 2.75) is 20.3 Å². The van der Waals surface area contributed by atoms with Gasteiger partial charge in [0, 0.05) is 13.0 Å². The second kappa shape index (κ2) is 6.53. The Kier molecular flexibility index (Phi) is 4.75. The SMILES string of the molecule is C/C=C/C1=CC(COC)=CC2=CC=C/C(=C/CC)C21. The third kappa shape index (κ3) is 3.05. The van der Waals surface area contributed by atoms with Crippen LogP contribution in [0.5, 0.6) is 0 Å². The molecule has 0 saturated heterocycles. The summed E-state index contributed by atoms with van der Waals surface area (Å²) < 4.78 is 5.27. The first kappa shape index (κ1) is 13.8. The van der Waals surface area contributed by atoms with Crippen molar-refractivity contribution in [1.82, 2.24) is 0 Å². The molecule has 1 unspecified atom stereocenters. The lowest BCUT2D eigenvalue weighted by molar-refractivity contribution is 0.228. The van der Waals surface area contributed by atoms with Crippen molar-refractivity contribution >= 4 is 0 Å². The molecule has 19 heavy (non-hydrogen) atoms. The van der Waals surface area contributed by atoms with Crippen LogP contribution in [0.2, 0.25) is 0 Å². The van der Waals surface area contributed by atoms with Crippen molar-refractivity contribution in [1.29, 1.82) is 0 Å². The van der Waals surface area contributed by atoms with Crippen LogP contribution in [-0.2, 0) is 4.74 Å². The van der Waals surface area contributed by atoms with Gasteiger partial charge in [-0.05, 0) is 35.6 Å². The molecule has 0 N–H and O–H groups in total. The van der Waals surface area contributed by atoms with Crippen LogP contribution in [0.25, 0.3) is 0 Å². The van der Waals surface area contributed by atoms with Gasteiger partial charge in [0.2, 0.25) is 0 Å². The average molecular weight is 254 g/mol. The van der Waals surface area contributed by atoms with E-state index in [2.05, 4.69) is 62.5 Å². The molecular formula is C18H22O. The molecule has 0 amide bonds. The summed E-state index contributed by atoms with van der Waals surface area (Å²) in [7, 11) is 1.74. The molecule has 0 saturated carbocycles. The highest BCUT2D eigenvalue weighted by molar-refractivity contribution is 5.57. The summed E-state index contributed by atoms with van der Waals surface area (Å²) in [4.78, 5) is 0. The highest BCUT2D eigenvalue weighted by atomic mass is 16.5. The van der Waals surface area contributed by atoms with E-state index in [4.69, 9.17) is 4.74 Å². The Labute approximate surface area is 116 Å². The lowest BCUT2D eigenvalue weighted by atomic mass is 9.76. The second-order valence-electron chi connectivity index (χ2n) is 4.87. The van der Waals surface area contributed by atoms with E-state index in [0.29, 0.717) is 12.5 Å². The summed E-state index contributed by atoms with van der Waals surface area (Å²) in [5.74, 6) is 0.391. The predicted octanol–water partition coefficient (Wildman–Crippen LogP) is 4.52. The molecule has 0 bridgehead atoms. The van der Waals surface area contributed by atoms with Crippen LogP contribution in [0.15, 0.2) is 70.9 Å². The molecule has 2 aliphatic carbocycles. The molecule has 2 rings (SSSR count). The van der Waals surface area contributed by atoms with Gasteiger partial charge in [0.05, 0.1) is 6.61 Å². The van der Waals surface area contributed by atoms with Gasteiger partial charge in [-0.1, -0.05) is 55.5 Å². The minimum absolute atomic E-state index is 0.391. The van der Waals surface area contributed by atoms with Gasteiger partial charge in [-0.3, -0.25) is 0 Å². The Morgan fingerprint density at radius 2 is 2.16 bits per heavy atom. The van der Waals surface area contributed by atoms with E-state index >= 15 is 0 Å². The van der Waals surface area contributed by atoms with Gasteiger partial charge in [-0.2, -0.15) is 0 Å². The number of hydrogen-bond donors (Lipinski definition) is 0. The molecule has 1 nitrogen and oxygen atoms in total. The Hall–Kier alpha value is -1.60. The molecular weight excluding hydrogens is 232 g/mol. The number of allylic oxidation sites excluding steroid dienone is 10. The van der Waals surface area contributed by atoms with Gasteiger partial charge in [0.1, 0.15) is 0 Å². The highest BCUT2D eigenvalue weighted by Gasteiger charge is 2.24. The van der Waals surface area contributed by atoms with Gasteiger partial charge < -0.3 is 4.74 Å². The molecule has 0 aromatic rings. The Balaban J connectivity index is 2.43. The van der Waals surface area contributed by atoms with Gasteiger partial charge in [-0.15, -0.1) is 0 Å². The largest absolute Gasteiger partial charge is 0.380 e. The van der Waals surface area contributed by atoms with E-state index in [0.717, 1.165) is 6.42 Å². The molecule has 0 aromatic carbocycles. The lowest BCUT2D eigenvalue weighted by Crippen LogP contribution is -2.15. The van der Waals surface area contributed by atoms with E-state index in [1.165, 1.54) is 22.3 Å². The van der Waals surface area contributed by atoms with Crippen LogP contribution < -0.4 is 0 Å². The topological polar surface area (TPSA) is 9.23 Å². The zero-order valence-electron chi connectivity index (χ0n) is 12.0. The third-order valence-corrected chi connectivity index (χ3v) is 3.39. The molecule has 0 aromatic heterocycles. The number of ether oxygens (including phenoxy) is 1. The molecule has 0 aliphatic heterocycles. The molecule has 100 valence electrons. The fourth-order valence-corrected chi connectivity index (χ4v) is 2.73. The highest BCUT2D eigenvalue weighted by Crippen LogP contribution is 2.38. The van der Waals surface area contributed by atoms with E-state index in [1.807, 2.05) is 0 Å². The number of hydrogen-bond acceptors (Lipinski definition) is 1. The molecule has 1 atom stereocenters. The van der Waals surface area contributed by atoms with E-state index in [-0.39, 0.29) is 0 Å². The maximum absolute atomic E-state index is 5.27. The fourth-order valence-electron chi connectivity index (χ4n) is 2.73. The van der Waals surface area contributed by atoms with Gasteiger partial charge in [0.25, 0.3) is 0 Å². The first-order valence-electron chi connectivity index (χ1n) is 6.92. The van der Waals surface area contributed by atoms with Crippen LogP contribution in [0.4, 0.5) is 0 Å². The zero-order chi connectivity index (χ0) is 13.7. The third-order valence-electron chi connectivity index (χ3n) is 3.39. The summed E-state index contributed by atoms with van der Waals surface area (Å²) in [6.07, 6.45) is 18.8. The second-order valence-corrected chi connectivity index (χ2v) is 4.87. The quantitative estimate of drug-likeness (QED) is 0.716. The van der Waals surface area contributed by atoms with Crippen LogP contribution in [0.3, 0.4) is 0 Å². The van der Waals surface area contributed by atoms with Crippen LogP contribution in [-0.4, -0.2) is 13.7 Å². The Morgan fingerprint density at radius 1 is 1.32 bits per heavy atom. The Morgan fingerprint density at radius 3 is 2.84 bits per heavy atom. The smallest absolute Gasteiger partial charge is 0.0713 e. The molecule has 2 aliphatic rings. The minimum Gasteiger partial charge on any atom is -0.380 e. The predicted molar refractivity (Wildman–Crippen MR) is 81.9 cm³/mol. The fraction of sp³-hybridized carbons (Fsp3) is 0.333. The zero-order valence-corrected chi connectivity index (χ0v) is 12.0. The van der Waals surface area contributed by atoms with Gasteiger partial charge in [0.15, 0.2) is 0 Å². The van der Waals surface area contributed by atoms with E-state index in [9.17, 15) is 0 Å². The van der Waals surface area contributed by atoms with Crippen molar-refractivity contribution in [2.24, 2.45) is 5.92 Å². The van der Waals surface area contributed by atoms with Crippen molar-refractivity contribution in [3.05, 3.63) is 70.9 Å². The lowest BCUT2D eigenvalue weighted by Gasteiger charge is -2.28. The summed E-state index contributed by atoms with van der Waals surface area (Å²) in [5.41, 5.74) is 5.36. The van der Waals surface area contributed by atoms with E-state index < -0.39 is 0 Å². The standard InChI is InChI=1S/C18H22O/c1-4-7-15-9-6-10-17-12-14(13-19-3)11-16(8-5-2)18(15)17/h5-12,18H,4,13H2,1-3H3/b8-5+,15-7-.